The molecule has 1 rings (SSSR count). The number of carboxylic acids is 1. The predicted octanol–water partition coefficient (Wildman–Crippen LogP) is 9.16. The average molecular weight is 446 g/mol. The molecule has 3 nitrogen and oxygen atoms in total. The zero-order valence-electron chi connectivity index (χ0n) is 21.0. The van der Waals surface area contributed by atoms with Crippen molar-refractivity contribution in [1.29, 1.82) is 0 Å². The lowest BCUT2D eigenvalue weighted by atomic mass is 10.0. The van der Waals surface area contributed by atoms with Gasteiger partial charge >= 0.3 is 5.97 Å². The Kier molecular flexibility index (Phi) is 19.0. The number of rotatable bonds is 23. The smallest absolute Gasteiger partial charge is 0.303 e. The molecule has 0 radical (unpaired) electrons. The van der Waals surface area contributed by atoms with Gasteiger partial charge in [0, 0.05) is 18.7 Å². The Balaban J connectivity index is 1.81. The zero-order chi connectivity index (χ0) is 23.1. The van der Waals surface area contributed by atoms with E-state index in [0.29, 0.717) is 6.42 Å². The molecular formula is C29H51NO2. The molecule has 0 heterocycles. The van der Waals surface area contributed by atoms with E-state index in [9.17, 15) is 4.79 Å². The minimum absolute atomic E-state index is 0.249. The zero-order valence-corrected chi connectivity index (χ0v) is 21.0. The van der Waals surface area contributed by atoms with Crippen molar-refractivity contribution in [2.24, 2.45) is 0 Å². The SMILES string of the molecule is CCCCCCCCCCCCCCCCCCCNc1ccc(CCCC(=O)O)cc1. The fourth-order valence-electron chi connectivity index (χ4n) is 4.32. The second-order valence-corrected chi connectivity index (χ2v) is 9.53. The topological polar surface area (TPSA) is 49.3 Å². The van der Waals surface area contributed by atoms with Crippen molar-refractivity contribution in [2.45, 2.75) is 135 Å². The van der Waals surface area contributed by atoms with Gasteiger partial charge in [-0.25, -0.2) is 0 Å². The number of benzene rings is 1. The first-order chi connectivity index (χ1) is 15.7. The third-order valence-corrected chi connectivity index (χ3v) is 6.42. The van der Waals surface area contributed by atoms with Crippen molar-refractivity contribution in [2.75, 3.05) is 11.9 Å². The van der Waals surface area contributed by atoms with E-state index in [1.807, 2.05) is 0 Å². The molecule has 3 heteroatoms. The number of carboxylic acid groups (broad SMARTS) is 1. The number of unbranched alkanes of at least 4 members (excludes halogenated alkanes) is 16. The predicted molar refractivity (Wildman–Crippen MR) is 140 cm³/mol. The monoisotopic (exact) mass is 445 g/mol. The highest BCUT2D eigenvalue weighted by Crippen LogP contribution is 2.15. The Morgan fingerprint density at radius 1 is 0.656 bits per heavy atom. The summed E-state index contributed by atoms with van der Waals surface area (Å²) in [5, 5.41) is 12.2. The summed E-state index contributed by atoms with van der Waals surface area (Å²) in [6.07, 6.45) is 25.8. The number of aliphatic carboxylic acids is 1. The Labute approximate surface area is 198 Å². The largest absolute Gasteiger partial charge is 0.481 e. The summed E-state index contributed by atoms with van der Waals surface area (Å²) in [6, 6.07) is 8.45. The molecule has 0 aliphatic heterocycles. The molecule has 184 valence electrons. The van der Waals surface area contributed by atoms with Crippen LogP contribution in [0.25, 0.3) is 0 Å². The van der Waals surface area contributed by atoms with E-state index < -0.39 is 5.97 Å². The molecule has 0 atom stereocenters. The Morgan fingerprint density at radius 3 is 1.53 bits per heavy atom. The summed E-state index contributed by atoms with van der Waals surface area (Å²) in [6.45, 7) is 3.33. The summed E-state index contributed by atoms with van der Waals surface area (Å²) in [5.41, 5.74) is 2.39. The van der Waals surface area contributed by atoms with E-state index in [1.54, 1.807) is 0 Å². The number of nitrogens with one attached hydrogen (secondary N) is 1. The van der Waals surface area contributed by atoms with Gasteiger partial charge in [0.1, 0.15) is 0 Å². The molecule has 0 amide bonds. The van der Waals surface area contributed by atoms with Gasteiger partial charge < -0.3 is 10.4 Å². The highest BCUT2D eigenvalue weighted by molar-refractivity contribution is 5.66. The van der Waals surface area contributed by atoms with Crippen molar-refractivity contribution in [3.63, 3.8) is 0 Å². The Bertz CT molecular complexity index is 541. The highest BCUT2D eigenvalue weighted by atomic mass is 16.4. The van der Waals surface area contributed by atoms with Gasteiger partial charge in [-0.1, -0.05) is 122 Å². The fraction of sp³-hybridized carbons (Fsp3) is 0.759. The fourth-order valence-corrected chi connectivity index (χ4v) is 4.32. The average Bonchev–Trinajstić information content (AvgIpc) is 2.79. The molecule has 0 saturated heterocycles. The first-order valence-electron chi connectivity index (χ1n) is 13.8. The van der Waals surface area contributed by atoms with Gasteiger partial charge in [-0.3, -0.25) is 4.79 Å². The molecule has 0 aliphatic carbocycles. The van der Waals surface area contributed by atoms with Gasteiger partial charge in [0.2, 0.25) is 0 Å². The van der Waals surface area contributed by atoms with Crippen LogP contribution in [-0.4, -0.2) is 17.6 Å². The van der Waals surface area contributed by atoms with E-state index in [-0.39, 0.29) is 6.42 Å². The molecule has 0 bridgehead atoms. The van der Waals surface area contributed by atoms with Crippen LogP contribution in [0, 0.1) is 0 Å². The van der Waals surface area contributed by atoms with E-state index in [0.717, 1.165) is 13.0 Å². The maximum atomic E-state index is 10.6. The lowest BCUT2D eigenvalue weighted by Gasteiger charge is -2.08. The summed E-state index contributed by atoms with van der Waals surface area (Å²) >= 11 is 0. The van der Waals surface area contributed by atoms with Crippen LogP contribution in [0.3, 0.4) is 0 Å². The van der Waals surface area contributed by atoms with Gasteiger partial charge in [-0.05, 0) is 37.0 Å². The maximum absolute atomic E-state index is 10.6. The van der Waals surface area contributed by atoms with Crippen molar-refractivity contribution in [1.82, 2.24) is 0 Å². The molecule has 0 fully saturated rings. The lowest BCUT2D eigenvalue weighted by molar-refractivity contribution is -0.137. The van der Waals surface area contributed by atoms with Crippen LogP contribution in [0.1, 0.15) is 134 Å². The molecular weight excluding hydrogens is 394 g/mol. The molecule has 0 aromatic heterocycles. The standard InChI is InChI=1S/C29H51NO2/c1-2-3-4-5-6-7-8-9-10-11-12-13-14-15-16-17-18-26-30-28-24-22-27(23-25-28)20-19-21-29(31)32/h22-25,30H,2-21,26H2,1H3,(H,31,32). The molecule has 1 aromatic rings. The van der Waals surface area contributed by atoms with Crippen molar-refractivity contribution in [3.05, 3.63) is 29.8 Å². The van der Waals surface area contributed by atoms with Crippen molar-refractivity contribution in [3.8, 4) is 0 Å². The normalized spacial score (nSPS) is 11.0. The summed E-state index contributed by atoms with van der Waals surface area (Å²) in [7, 11) is 0. The van der Waals surface area contributed by atoms with Gasteiger partial charge in [-0.2, -0.15) is 0 Å². The van der Waals surface area contributed by atoms with Gasteiger partial charge in [0.05, 0.1) is 0 Å². The number of carbonyl (C=O) groups is 1. The number of aryl methyl sites for hydroxylation is 1. The third kappa shape index (κ3) is 18.1. The number of hydrogen-bond acceptors (Lipinski definition) is 2. The van der Waals surface area contributed by atoms with E-state index in [1.165, 1.54) is 120 Å². The minimum Gasteiger partial charge on any atom is -0.481 e. The van der Waals surface area contributed by atoms with Gasteiger partial charge in [-0.15, -0.1) is 0 Å². The Morgan fingerprint density at radius 2 is 1.09 bits per heavy atom. The molecule has 1 aromatic carbocycles. The maximum Gasteiger partial charge on any atom is 0.303 e. The summed E-state index contributed by atoms with van der Waals surface area (Å²) in [4.78, 5) is 10.6. The van der Waals surface area contributed by atoms with Crippen LogP contribution in [0.4, 0.5) is 5.69 Å². The first-order valence-corrected chi connectivity index (χ1v) is 13.8. The summed E-state index contributed by atoms with van der Waals surface area (Å²) in [5.74, 6) is -0.711. The van der Waals surface area contributed by atoms with E-state index in [2.05, 4.69) is 36.5 Å². The van der Waals surface area contributed by atoms with Crippen LogP contribution < -0.4 is 5.32 Å². The second kappa shape index (κ2) is 21.3. The molecule has 0 unspecified atom stereocenters. The van der Waals surface area contributed by atoms with Crippen LogP contribution in [0.2, 0.25) is 0 Å². The van der Waals surface area contributed by atoms with Crippen molar-refractivity contribution >= 4 is 11.7 Å². The highest BCUT2D eigenvalue weighted by Gasteiger charge is 1.99. The van der Waals surface area contributed by atoms with Crippen LogP contribution in [-0.2, 0) is 11.2 Å². The molecule has 32 heavy (non-hydrogen) atoms. The minimum atomic E-state index is -0.711. The van der Waals surface area contributed by atoms with Crippen LogP contribution in [0.5, 0.6) is 0 Å². The van der Waals surface area contributed by atoms with Crippen LogP contribution >= 0.6 is 0 Å². The quantitative estimate of drug-likeness (QED) is 0.165. The third-order valence-electron chi connectivity index (χ3n) is 6.42. The number of anilines is 1. The molecule has 0 saturated carbocycles. The van der Waals surface area contributed by atoms with Crippen LogP contribution in [0.15, 0.2) is 24.3 Å². The van der Waals surface area contributed by atoms with E-state index >= 15 is 0 Å². The van der Waals surface area contributed by atoms with E-state index in [4.69, 9.17) is 5.11 Å². The summed E-state index contributed by atoms with van der Waals surface area (Å²) < 4.78 is 0. The first kappa shape index (κ1) is 28.5. The Hall–Kier alpha value is -1.51. The van der Waals surface area contributed by atoms with Gasteiger partial charge in [0.25, 0.3) is 0 Å². The second-order valence-electron chi connectivity index (χ2n) is 9.53. The number of hydrogen-bond donors (Lipinski definition) is 2. The lowest BCUT2D eigenvalue weighted by Crippen LogP contribution is -2.01. The molecule has 2 N–H and O–H groups in total. The molecule has 0 spiro atoms. The van der Waals surface area contributed by atoms with Gasteiger partial charge in [0.15, 0.2) is 0 Å². The van der Waals surface area contributed by atoms with Crippen molar-refractivity contribution < 1.29 is 9.90 Å². The molecule has 0 aliphatic rings.